The van der Waals surface area contributed by atoms with Crippen molar-refractivity contribution in [2.75, 3.05) is 11.9 Å². The number of nitrogens with zero attached hydrogens (tertiary/aromatic N) is 2. The molecule has 1 atom stereocenters. The highest BCUT2D eigenvalue weighted by Crippen LogP contribution is 2.28. The van der Waals surface area contributed by atoms with Gasteiger partial charge in [0.15, 0.2) is 5.69 Å². The number of hydrogen-bond acceptors (Lipinski definition) is 3. The van der Waals surface area contributed by atoms with E-state index in [2.05, 4.69) is 30.7 Å². The number of carbonyl (C=O) groups is 1. The SMILES string of the molecule is CC(C)C(C)N(C)c1cc(C(=O)O)nc2ccccc12. The van der Waals surface area contributed by atoms with Gasteiger partial charge in [0.25, 0.3) is 0 Å². The topological polar surface area (TPSA) is 53.4 Å². The van der Waals surface area contributed by atoms with Crippen LogP contribution in [0.2, 0.25) is 0 Å². The maximum atomic E-state index is 11.2. The Hall–Kier alpha value is -2.10. The van der Waals surface area contributed by atoms with E-state index < -0.39 is 5.97 Å². The lowest BCUT2D eigenvalue weighted by atomic mass is 10.0. The number of aromatic nitrogens is 1. The fourth-order valence-corrected chi connectivity index (χ4v) is 2.22. The Balaban J connectivity index is 2.63. The van der Waals surface area contributed by atoms with Crippen molar-refractivity contribution < 1.29 is 9.90 Å². The molecule has 4 heteroatoms. The van der Waals surface area contributed by atoms with Crippen LogP contribution in [0.5, 0.6) is 0 Å². The van der Waals surface area contributed by atoms with Crippen LogP contribution in [0.15, 0.2) is 30.3 Å². The minimum Gasteiger partial charge on any atom is -0.477 e. The molecule has 1 N–H and O–H groups in total. The fourth-order valence-electron chi connectivity index (χ4n) is 2.22. The first-order chi connectivity index (χ1) is 9.41. The van der Waals surface area contributed by atoms with Crippen molar-refractivity contribution >= 4 is 22.6 Å². The summed E-state index contributed by atoms with van der Waals surface area (Å²) in [6.45, 7) is 6.45. The molecule has 0 bridgehead atoms. The quantitative estimate of drug-likeness (QED) is 0.926. The molecule has 0 spiro atoms. The maximum absolute atomic E-state index is 11.2. The average Bonchev–Trinajstić information content (AvgIpc) is 2.44. The Morgan fingerprint density at radius 2 is 1.90 bits per heavy atom. The van der Waals surface area contributed by atoms with Gasteiger partial charge in [-0.05, 0) is 25.0 Å². The van der Waals surface area contributed by atoms with E-state index in [1.807, 2.05) is 31.3 Å². The average molecular weight is 272 g/mol. The molecule has 0 fully saturated rings. The second kappa shape index (κ2) is 5.49. The number of anilines is 1. The number of aromatic carboxylic acids is 1. The molecule has 0 saturated heterocycles. The normalized spacial score (nSPS) is 12.7. The molecular formula is C16H20N2O2. The van der Waals surface area contributed by atoms with Gasteiger partial charge in [0, 0.05) is 24.2 Å². The highest BCUT2D eigenvalue weighted by Gasteiger charge is 2.18. The van der Waals surface area contributed by atoms with Crippen LogP contribution in [-0.2, 0) is 0 Å². The molecule has 20 heavy (non-hydrogen) atoms. The van der Waals surface area contributed by atoms with Gasteiger partial charge in [-0.2, -0.15) is 0 Å². The predicted molar refractivity (Wildman–Crippen MR) is 81.4 cm³/mol. The summed E-state index contributed by atoms with van der Waals surface area (Å²) in [4.78, 5) is 17.6. The second-order valence-electron chi connectivity index (χ2n) is 5.44. The Morgan fingerprint density at radius 1 is 1.25 bits per heavy atom. The molecule has 1 unspecified atom stereocenters. The van der Waals surface area contributed by atoms with E-state index in [0.717, 1.165) is 11.1 Å². The number of pyridine rings is 1. The van der Waals surface area contributed by atoms with Crippen molar-refractivity contribution in [2.24, 2.45) is 5.92 Å². The minimum absolute atomic E-state index is 0.0847. The van der Waals surface area contributed by atoms with E-state index in [1.165, 1.54) is 0 Å². The Kier molecular flexibility index (Phi) is 3.93. The molecule has 0 aliphatic heterocycles. The molecule has 0 aliphatic carbocycles. The number of rotatable bonds is 4. The van der Waals surface area contributed by atoms with Crippen molar-refractivity contribution in [1.29, 1.82) is 0 Å². The van der Waals surface area contributed by atoms with Crippen LogP contribution < -0.4 is 4.90 Å². The van der Waals surface area contributed by atoms with Crippen molar-refractivity contribution in [3.8, 4) is 0 Å². The first-order valence-electron chi connectivity index (χ1n) is 6.77. The molecule has 1 aromatic heterocycles. The molecular weight excluding hydrogens is 252 g/mol. The van der Waals surface area contributed by atoms with Gasteiger partial charge in [0.05, 0.1) is 5.52 Å². The van der Waals surface area contributed by atoms with Gasteiger partial charge in [-0.1, -0.05) is 32.0 Å². The van der Waals surface area contributed by atoms with E-state index in [-0.39, 0.29) is 5.69 Å². The van der Waals surface area contributed by atoms with Gasteiger partial charge < -0.3 is 10.0 Å². The predicted octanol–water partition coefficient (Wildman–Crippen LogP) is 3.41. The monoisotopic (exact) mass is 272 g/mol. The summed E-state index contributed by atoms with van der Waals surface area (Å²) in [5.41, 5.74) is 1.71. The van der Waals surface area contributed by atoms with Gasteiger partial charge in [0.1, 0.15) is 0 Å². The maximum Gasteiger partial charge on any atom is 0.354 e. The number of fused-ring (bicyclic) bond motifs is 1. The summed E-state index contributed by atoms with van der Waals surface area (Å²) in [7, 11) is 2.00. The van der Waals surface area contributed by atoms with Gasteiger partial charge in [0.2, 0.25) is 0 Å². The molecule has 4 nitrogen and oxygen atoms in total. The number of para-hydroxylation sites is 1. The zero-order chi connectivity index (χ0) is 14.9. The van der Waals surface area contributed by atoms with Gasteiger partial charge in [-0.15, -0.1) is 0 Å². The van der Waals surface area contributed by atoms with Gasteiger partial charge in [-0.3, -0.25) is 0 Å². The third kappa shape index (κ3) is 2.59. The third-order valence-corrected chi connectivity index (χ3v) is 3.87. The van der Waals surface area contributed by atoms with E-state index in [1.54, 1.807) is 6.07 Å². The second-order valence-corrected chi connectivity index (χ2v) is 5.44. The Bertz CT molecular complexity index is 637. The van der Waals surface area contributed by atoms with Gasteiger partial charge >= 0.3 is 5.97 Å². The molecule has 0 amide bonds. The summed E-state index contributed by atoms with van der Waals surface area (Å²) < 4.78 is 0. The van der Waals surface area contributed by atoms with E-state index in [9.17, 15) is 9.90 Å². The number of benzene rings is 1. The molecule has 2 aromatic rings. The summed E-state index contributed by atoms with van der Waals surface area (Å²) in [5.74, 6) is -0.525. The molecule has 2 rings (SSSR count). The number of hydrogen-bond donors (Lipinski definition) is 1. The van der Waals surface area contributed by atoms with Crippen LogP contribution in [0, 0.1) is 5.92 Å². The Labute approximate surface area is 119 Å². The summed E-state index contributed by atoms with van der Waals surface area (Å²) in [6, 6.07) is 9.61. The van der Waals surface area contributed by atoms with Crippen LogP contribution in [0.25, 0.3) is 10.9 Å². The highest BCUT2D eigenvalue weighted by atomic mass is 16.4. The first-order valence-corrected chi connectivity index (χ1v) is 6.77. The number of carboxylic acids is 1. The largest absolute Gasteiger partial charge is 0.477 e. The van der Waals surface area contributed by atoms with Crippen LogP contribution in [0.3, 0.4) is 0 Å². The summed E-state index contributed by atoms with van der Waals surface area (Å²) in [5, 5.41) is 10.2. The first kappa shape index (κ1) is 14.3. The van der Waals surface area contributed by atoms with Crippen molar-refractivity contribution in [1.82, 2.24) is 4.98 Å². The minimum atomic E-state index is -0.998. The van der Waals surface area contributed by atoms with Gasteiger partial charge in [-0.25, -0.2) is 9.78 Å². The van der Waals surface area contributed by atoms with E-state index in [4.69, 9.17) is 0 Å². The standard InChI is InChI=1S/C16H20N2O2/c1-10(2)11(3)18(4)15-9-14(16(19)20)17-13-8-6-5-7-12(13)15/h5-11H,1-4H3,(H,19,20). The smallest absolute Gasteiger partial charge is 0.354 e. The lowest BCUT2D eigenvalue weighted by Crippen LogP contribution is -2.33. The van der Waals surface area contributed by atoms with Crippen molar-refractivity contribution in [3.05, 3.63) is 36.0 Å². The van der Waals surface area contributed by atoms with Crippen LogP contribution in [0.1, 0.15) is 31.3 Å². The van der Waals surface area contributed by atoms with Crippen LogP contribution in [0.4, 0.5) is 5.69 Å². The fraction of sp³-hybridized carbons (Fsp3) is 0.375. The lowest BCUT2D eigenvalue weighted by Gasteiger charge is -2.31. The summed E-state index contributed by atoms with van der Waals surface area (Å²) >= 11 is 0. The summed E-state index contributed by atoms with van der Waals surface area (Å²) in [6.07, 6.45) is 0. The van der Waals surface area contributed by atoms with E-state index >= 15 is 0 Å². The molecule has 0 saturated carbocycles. The zero-order valence-electron chi connectivity index (χ0n) is 12.3. The zero-order valence-corrected chi connectivity index (χ0v) is 12.3. The van der Waals surface area contributed by atoms with Crippen molar-refractivity contribution in [2.45, 2.75) is 26.8 Å². The third-order valence-electron chi connectivity index (χ3n) is 3.87. The molecule has 1 heterocycles. The van der Waals surface area contributed by atoms with Crippen LogP contribution in [-0.4, -0.2) is 29.1 Å². The molecule has 1 aromatic carbocycles. The highest BCUT2D eigenvalue weighted by molar-refractivity contribution is 5.97. The van der Waals surface area contributed by atoms with Crippen molar-refractivity contribution in [3.63, 3.8) is 0 Å². The van der Waals surface area contributed by atoms with Crippen LogP contribution >= 0.6 is 0 Å². The molecule has 0 aliphatic rings. The molecule has 106 valence electrons. The molecule has 0 radical (unpaired) electrons. The lowest BCUT2D eigenvalue weighted by molar-refractivity contribution is 0.0691. The number of carboxylic acid groups (broad SMARTS) is 1. The Morgan fingerprint density at radius 3 is 2.50 bits per heavy atom. The van der Waals surface area contributed by atoms with E-state index in [0.29, 0.717) is 17.5 Å².